The molecule has 0 saturated heterocycles. The summed E-state index contributed by atoms with van der Waals surface area (Å²) in [6.07, 6.45) is -5.03. The summed E-state index contributed by atoms with van der Waals surface area (Å²) in [4.78, 5) is 3.88. The molecule has 1 rings (SSSR count). The molecule has 0 aliphatic heterocycles. The summed E-state index contributed by atoms with van der Waals surface area (Å²) < 4.78 is 45.1. The highest BCUT2D eigenvalue weighted by atomic mass is 19.4. The van der Waals surface area contributed by atoms with Crippen molar-refractivity contribution >= 4 is 0 Å². The second-order valence-corrected chi connectivity index (χ2v) is 3.11. The van der Waals surface area contributed by atoms with Gasteiger partial charge in [0.2, 0.25) is 5.88 Å². The molecular weight excluding hydrogens is 237 g/mol. The number of rotatable bonds is 3. The van der Waals surface area contributed by atoms with Crippen LogP contribution in [0.15, 0.2) is 6.07 Å². The van der Waals surface area contributed by atoms with Gasteiger partial charge < -0.3 is 9.47 Å². The molecule has 0 aliphatic rings. The minimum Gasteiger partial charge on any atom is -0.481 e. The zero-order valence-corrected chi connectivity index (χ0v) is 9.13. The van der Waals surface area contributed by atoms with Crippen LogP contribution in [-0.4, -0.2) is 18.5 Å². The fraction of sp³-hybridized carbons (Fsp3) is 0.400. The maximum Gasteiger partial charge on any atom is 0.573 e. The van der Waals surface area contributed by atoms with Gasteiger partial charge in [-0.2, -0.15) is 5.26 Å². The van der Waals surface area contributed by atoms with E-state index in [1.165, 1.54) is 14.0 Å². The molecule has 0 N–H and O–H groups in total. The first-order chi connectivity index (χ1) is 7.87. The van der Waals surface area contributed by atoms with Crippen molar-refractivity contribution in [3.05, 3.63) is 17.3 Å². The first-order valence-corrected chi connectivity index (χ1v) is 4.54. The SMILES string of the molecule is COc1cc(OC(F)(F)F)c(CC#N)c(C)n1. The molecule has 7 heteroatoms. The Morgan fingerprint density at radius 1 is 1.47 bits per heavy atom. The van der Waals surface area contributed by atoms with Crippen LogP contribution in [0.1, 0.15) is 11.3 Å². The number of hydrogen-bond donors (Lipinski definition) is 0. The number of aryl methyl sites for hydroxylation is 1. The van der Waals surface area contributed by atoms with E-state index >= 15 is 0 Å². The standard InChI is InChI=1S/C10H9F3N2O2/c1-6-7(3-4-14)8(17-10(11,12)13)5-9(15-6)16-2/h5H,3H2,1-2H3. The molecule has 0 aliphatic carbocycles. The van der Waals surface area contributed by atoms with Crippen molar-refractivity contribution in [1.29, 1.82) is 5.26 Å². The summed E-state index contributed by atoms with van der Waals surface area (Å²) in [6, 6.07) is 2.77. The molecule has 0 atom stereocenters. The van der Waals surface area contributed by atoms with Crippen molar-refractivity contribution in [3.63, 3.8) is 0 Å². The minimum absolute atomic E-state index is 0.00318. The lowest BCUT2D eigenvalue weighted by molar-refractivity contribution is -0.274. The second-order valence-electron chi connectivity index (χ2n) is 3.11. The van der Waals surface area contributed by atoms with Crippen molar-refractivity contribution in [3.8, 4) is 17.7 Å². The van der Waals surface area contributed by atoms with Gasteiger partial charge in [0.15, 0.2) is 0 Å². The maximum atomic E-state index is 12.2. The highest BCUT2D eigenvalue weighted by Crippen LogP contribution is 2.30. The molecule has 0 aromatic carbocycles. The van der Waals surface area contributed by atoms with E-state index in [0.717, 1.165) is 6.07 Å². The van der Waals surface area contributed by atoms with E-state index in [4.69, 9.17) is 10.00 Å². The predicted octanol–water partition coefficient (Wildman–Crippen LogP) is 2.36. The fourth-order valence-corrected chi connectivity index (χ4v) is 1.26. The van der Waals surface area contributed by atoms with E-state index in [1.807, 2.05) is 0 Å². The molecule has 0 fully saturated rings. The van der Waals surface area contributed by atoms with Crippen molar-refractivity contribution in [1.82, 2.24) is 4.98 Å². The fourth-order valence-electron chi connectivity index (χ4n) is 1.26. The summed E-state index contributed by atoms with van der Waals surface area (Å²) in [5, 5.41) is 8.55. The number of methoxy groups -OCH3 is 1. The molecule has 1 aromatic heterocycles. The normalized spacial score (nSPS) is 10.8. The van der Waals surface area contributed by atoms with Crippen LogP contribution < -0.4 is 9.47 Å². The lowest BCUT2D eigenvalue weighted by atomic mass is 10.1. The van der Waals surface area contributed by atoms with Crippen LogP contribution in [-0.2, 0) is 6.42 Å². The zero-order valence-electron chi connectivity index (χ0n) is 9.13. The van der Waals surface area contributed by atoms with Gasteiger partial charge in [0.25, 0.3) is 0 Å². The van der Waals surface area contributed by atoms with Crippen LogP contribution in [0.4, 0.5) is 13.2 Å². The Kier molecular flexibility index (Phi) is 3.78. The molecule has 0 saturated carbocycles. The summed E-state index contributed by atoms with van der Waals surface area (Å²) in [5.41, 5.74) is 0.371. The van der Waals surface area contributed by atoms with Crippen LogP contribution >= 0.6 is 0 Å². The highest BCUT2D eigenvalue weighted by Gasteiger charge is 2.32. The van der Waals surface area contributed by atoms with Gasteiger partial charge in [0.1, 0.15) is 5.75 Å². The number of alkyl halides is 3. The first kappa shape index (κ1) is 13.1. The average molecular weight is 246 g/mol. The van der Waals surface area contributed by atoms with Crippen molar-refractivity contribution in [2.24, 2.45) is 0 Å². The molecule has 0 bridgehead atoms. The number of nitrogens with zero attached hydrogens (tertiary/aromatic N) is 2. The molecule has 4 nitrogen and oxygen atoms in total. The summed E-state index contributed by atoms with van der Waals surface area (Å²) in [7, 11) is 1.28. The Balaban J connectivity index is 3.23. The summed E-state index contributed by atoms with van der Waals surface area (Å²) in [6.45, 7) is 1.48. The third-order valence-corrected chi connectivity index (χ3v) is 1.96. The Hall–Kier alpha value is -1.97. The first-order valence-electron chi connectivity index (χ1n) is 4.54. The Labute approximate surface area is 95.6 Å². The van der Waals surface area contributed by atoms with Gasteiger partial charge >= 0.3 is 6.36 Å². The maximum absolute atomic E-state index is 12.2. The Morgan fingerprint density at radius 2 is 2.12 bits per heavy atom. The highest BCUT2D eigenvalue weighted by molar-refractivity contribution is 5.41. The van der Waals surface area contributed by atoms with Gasteiger partial charge in [0.05, 0.1) is 19.6 Å². The number of ether oxygens (including phenoxy) is 2. The molecule has 17 heavy (non-hydrogen) atoms. The largest absolute Gasteiger partial charge is 0.573 e. The van der Waals surface area contributed by atoms with Gasteiger partial charge in [-0.05, 0) is 6.92 Å². The molecule has 0 radical (unpaired) electrons. The van der Waals surface area contributed by atoms with E-state index in [-0.39, 0.29) is 23.6 Å². The Bertz CT molecular complexity index is 452. The lowest BCUT2D eigenvalue weighted by Crippen LogP contribution is -2.18. The van der Waals surface area contributed by atoms with Crippen molar-refractivity contribution in [2.75, 3.05) is 7.11 Å². The van der Waals surface area contributed by atoms with Crippen LogP contribution in [0.2, 0.25) is 0 Å². The third kappa shape index (κ3) is 3.52. The minimum atomic E-state index is -4.82. The predicted molar refractivity (Wildman–Crippen MR) is 51.5 cm³/mol. The molecular formula is C10H9F3N2O2. The summed E-state index contributed by atoms with van der Waals surface area (Å²) in [5.74, 6) is -0.452. The molecule has 0 amide bonds. The van der Waals surface area contributed by atoms with E-state index in [0.29, 0.717) is 0 Å². The van der Waals surface area contributed by atoms with Gasteiger partial charge in [-0.3, -0.25) is 0 Å². The van der Waals surface area contributed by atoms with Crippen molar-refractivity contribution in [2.45, 2.75) is 19.7 Å². The molecule has 92 valence electrons. The van der Waals surface area contributed by atoms with Gasteiger partial charge in [-0.1, -0.05) is 0 Å². The number of halogens is 3. The van der Waals surface area contributed by atoms with Gasteiger partial charge in [-0.25, -0.2) is 4.98 Å². The van der Waals surface area contributed by atoms with Crippen LogP contribution in [0.25, 0.3) is 0 Å². The molecule has 0 spiro atoms. The monoisotopic (exact) mass is 246 g/mol. The van der Waals surface area contributed by atoms with Gasteiger partial charge in [0, 0.05) is 17.3 Å². The quantitative estimate of drug-likeness (QED) is 0.821. The second kappa shape index (κ2) is 4.91. The number of nitriles is 1. The number of pyridine rings is 1. The zero-order chi connectivity index (χ0) is 13.1. The number of aromatic nitrogens is 1. The number of hydrogen-bond acceptors (Lipinski definition) is 4. The average Bonchev–Trinajstić information content (AvgIpc) is 2.20. The third-order valence-electron chi connectivity index (χ3n) is 1.96. The van der Waals surface area contributed by atoms with E-state index < -0.39 is 12.1 Å². The lowest BCUT2D eigenvalue weighted by Gasteiger charge is -2.14. The molecule has 1 heterocycles. The molecule has 0 unspecified atom stereocenters. The molecule has 1 aromatic rings. The van der Waals surface area contributed by atoms with Crippen LogP contribution in [0, 0.1) is 18.3 Å². The van der Waals surface area contributed by atoms with E-state index in [9.17, 15) is 13.2 Å². The Morgan fingerprint density at radius 3 is 2.59 bits per heavy atom. The van der Waals surface area contributed by atoms with E-state index in [1.54, 1.807) is 6.07 Å². The van der Waals surface area contributed by atoms with Crippen LogP contribution in [0.5, 0.6) is 11.6 Å². The van der Waals surface area contributed by atoms with Gasteiger partial charge in [-0.15, -0.1) is 13.2 Å². The smallest absolute Gasteiger partial charge is 0.481 e. The van der Waals surface area contributed by atoms with Crippen LogP contribution in [0.3, 0.4) is 0 Å². The summed E-state index contributed by atoms with van der Waals surface area (Å²) >= 11 is 0. The van der Waals surface area contributed by atoms with E-state index in [2.05, 4.69) is 9.72 Å². The van der Waals surface area contributed by atoms with Crippen molar-refractivity contribution < 1.29 is 22.6 Å². The topological polar surface area (TPSA) is 55.1 Å².